The number of rotatable bonds is 4. The zero-order chi connectivity index (χ0) is 22.5. The number of hydrogen-bond acceptors (Lipinski definition) is 6. The van der Waals surface area contributed by atoms with Crippen LogP contribution < -0.4 is 5.32 Å². The van der Waals surface area contributed by atoms with Gasteiger partial charge >= 0.3 is 0 Å². The van der Waals surface area contributed by atoms with Crippen molar-refractivity contribution in [1.82, 2.24) is 9.88 Å². The molecule has 2 aromatic heterocycles. The average molecular weight is 450 g/mol. The summed E-state index contributed by atoms with van der Waals surface area (Å²) in [6.45, 7) is 8.57. The number of benzene rings is 1. The molecule has 0 saturated heterocycles. The highest BCUT2D eigenvalue weighted by Crippen LogP contribution is 2.38. The zero-order valence-corrected chi connectivity index (χ0v) is 19.5. The van der Waals surface area contributed by atoms with Gasteiger partial charge in [0, 0.05) is 49.3 Å². The molecule has 0 fully saturated rings. The van der Waals surface area contributed by atoms with E-state index in [1.54, 1.807) is 6.92 Å². The number of hydrogen-bond donors (Lipinski definition) is 1. The summed E-state index contributed by atoms with van der Waals surface area (Å²) in [5, 5.41) is 3.50. The Morgan fingerprint density at radius 3 is 2.81 bits per heavy atom. The lowest BCUT2D eigenvalue weighted by atomic mass is 9.76. The Morgan fingerprint density at radius 1 is 1.25 bits per heavy atom. The minimum atomic E-state index is -0.338. The largest absolute Gasteiger partial charge is 0.455 e. The lowest BCUT2D eigenvalue weighted by Crippen LogP contribution is -2.29. The summed E-state index contributed by atoms with van der Waals surface area (Å²) in [5.41, 5.74) is 3.42. The smallest absolute Gasteiger partial charge is 0.293 e. The Bertz CT molecular complexity index is 1190. The van der Waals surface area contributed by atoms with Gasteiger partial charge in [-0.05, 0) is 17.9 Å². The van der Waals surface area contributed by atoms with E-state index >= 15 is 0 Å². The highest BCUT2D eigenvalue weighted by Gasteiger charge is 2.37. The second kappa shape index (κ2) is 7.98. The van der Waals surface area contributed by atoms with Crippen LogP contribution in [0.1, 0.15) is 68.6 Å². The first kappa shape index (κ1) is 21.1. The number of ketones is 1. The Labute approximate surface area is 191 Å². The van der Waals surface area contributed by atoms with Crippen LogP contribution >= 0.6 is 11.3 Å². The molecule has 1 amide bonds. The highest BCUT2D eigenvalue weighted by molar-refractivity contribution is 7.15. The number of anilines is 1. The topological polar surface area (TPSA) is 75.4 Å². The van der Waals surface area contributed by atoms with E-state index in [0.717, 1.165) is 31.7 Å². The van der Waals surface area contributed by atoms with Gasteiger partial charge in [-0.2, -0.15) is 0 Å². The first-order valence-electron chi connectivity index (χ1n) is 11.0. The first-order valence-corrected chi connectivity index (χ1v) is 11.8. The van der Waals surface area contributed by atoms with E-state index in [-0.39, 0.29) is 22.9 Å². The van der Waals surface area contributed by atoms with Crippen molar-refractivity contribution in [3.05, 3.63) is 69.1 Å². The van der Waals surface area contributed by atoms with E-state index in [1.165, 1.54) is 21.8 Å². The molecule has 0 bridgehead atoms. The van der Waals surface area contributed by atoms with E-state index in [4.69, 9.17) is 4.42 Å². The molecule has 0 radical (unpaired) electrons. The zero-order valence-electron chi connectivity index (χ0n) is 18.7. The molecule has 3 aromatic rings. The third-order valence-electron chi connectivity index (χ3n) is 6.26. The maximum absolute atomic E-state index is 13.0. The third-order valence-corrected chi connectivity index (χ3v) is 7.26. The van der Waals surface area contributed by atoms with Crippen LogP contribution in [0.4, 0.5) is 5.13 Å². The van der Waals surface area contributed by atoms with Gasteiger partial charge in [-0.3, -0.25) is 19.8 Å². The van der Waals surface area contributed by atoms with Crippen LogP contribution in [0.3, 0.4) is 0 Å². The molecule has 0 unspecified atom stereocenters. The maximum atomic E-state index is 13.0. The van der Waals surface area contributed by atoms with Gasteiger partial charge in [0.25, 0.3) is 5.91 Å². The van der Waals surface area contributed by atoms with Crippen molar-refractivity contribution in [2.24, 2.45) is 5.41 Å². The molecule has 7 heteroatoms. The number of nitrogens with zero attached hydrogens (tertiary/aromatic N) is 2. The number of thiazole rings is 1. The fourth-order valence-electron chi connectivity index (χ4n) is 4.73. The number of fused-ring (bicyclic) bond motifs is 2. The van der Waals surface area contributed by atoms with Crippen molar-refractivity contribution in [1.29, 1.82) is 0 Å². The third kappa shape index (κ3) is 4.02. The first-order chi connectivity index (χ1) is 15.3. The second-order valence-corrected chi connectivity index (χ2v) is 10.7. The number of carbonyl (C=O) groups excluding carboxylic acids is 2. The Hall–Kier alpha value is -2.77. The molecule has 0 spiro atoms. The molecule has 1 N–H and O–H groups in total. The number of nitrogens with one attached hydrogen (secondary N) is 1. The number of amides is 1. The summed E-state index contributed by atoms with van der Waals surface area (Å²) in [6.07, 6.45) is 2.00. The van der Waals surface area contributed by atoms with Gasteiger partial charge in [0.2, 0.25) is 0 Å². The number of furan rings is 1. The molecule has 32 heavy (non-hydrogen) atoms. The van der Waals surface area contributed by atoms with Crippen LogP contribution in [-0.4, -0.2) is 28.1 Å². The van der Waals surface area contributed by atoms with Gasteiger partial charge in [-0.15, -0.1) is 11.3 Å². The lowest BCUT2D eigenvalue weighted by Gasteiger charge is -2.27. The van der Waals surface area contributed by atoms with E-state index in [1.807, 2.05) is 19.9 Å². The summed E-state index contributed by atoms with van der Waals surface area (Å²) in [5.74, 6) is 0.568. The molecule has 3 heterocycles. The minimum absolute atomic E-state index is 0.0553. The summed E-state index contributed by atoms with van der Waals surface area (Å²) >= 11 is 1.52. The van der Waals surface area contributed by atoms with E-state index in [0.29, 0.717) is 34.9 Å². The molecule has 1 aliphatic carbocycles. The van der Waals surface area contributed by atoms with Gasteiger partial charge in [0.1, 0.15) is 5.76 Å². The summed E-state index contributed by atoms with van der Waals surface area (Å²) in [4.78, 5) is 33.8. The molecule has 1 aromatic carbocycles. The molecule has 6 nitrogen and oxygen atoms in total. The summed E-state index contributed by atoms with van der Waals surface area (Å²) in [7, 11) is 0. The molecular weight excluding hydrogens is 422 g/mol. The minimum Gasteiger partial charge on any atom is -0.455 e. The van der Waals surface area contributed by atoms with Crippen LogP contribution in [0.2, 0.25) is 0 Å². The van der Waals surface area contributed by atoms with Gasteiger partial charge < -0.3 is 4.42 Å². The van der Waals surface area contributed by atoms with Crippen molar-refractivity contribution < 1.29 is 14.0 Å². The predicted octanol–water partition coefficient (Wildman–Crippen LogP) is 5.01. The van der Waals surface area contributed by atoms with Crippen LogP contribution in [0.25, 0.3) is 0 Å². The van der Waals surface area contributed by atoms with Crippen LogP contribution in [0.15, 0.2) is 34.7 Å². The van der Waals surface area contributed by atoms with Crippen molar-refractivity contribution >= 4 is 28.2 Å². The summed E-state index contributed by atoms with van der Waals surface area (Å²) < 4.78 is 5.90. The van der Waals surface area contributed by atoms with E-state index in [2.05, 4.69) is 39.5 Å². The number of Topliss-reactive ketones (excluding diaryl/α,β-unsaturated/α-hetero) is 1. The standard InChI is InChI=1S/C25H27N3O3S/c1-15-21-18(29)11-25(2,3)12-19(21)31-22(15)23(30)27-24-26-17-9-10-28(14-20(17)32-24)13-16-7-5-4-6-8-16/h4-8H,9-14H2,1-3H3,(H,26,27,30). The van der Waals surface area contributed by atoms with E-state index in [9.17, 15) is 9.59 Å². The average Bonchev–Trinajstić information content (AvgIpc) is 3.27. The molecule has 166 valence electrons. The Morgan fingerprint density at radius 2 is 2.03 bits per heavy atom. The fourth-order valence-corrected chi connectivity index (χ4v) is 5.78. The normalized spacial score (nSPS) is 17.7. The summed E-state index contributed by atoms with van der Waals surface area (Å²) in [6, 6.07) is 10.4. The number of carbonyl (C=O) groups is 2. The predicted molar refractivity (Wildman–Crippen MR) is 124 cm³/mol. The molecule has 5 rings (SSSR count). The van der Waals surface area contributed by atoms with Crippen molar-refractivity contribution in [2.75, 3.05) is 11.9 Å². The van der Waals surface area contributed by atoms with Crippen LogP contribution in [-0.2, 0) is 25.9 Å². The van der Waals surface area contributed by atoms with Crippen molar-refractivity contribution in [3.8, 4) is 0 Å². The van der Waals surface area contributed by atoms with Crippen molar-refractivity contribution in [3.63, 3.8) is 0 Å². The molecular formula is C25H27N3O3S. The van der Waals surface area contributed by atoms with Crippen LogP contribution in [0, 0.1) is 12.3 Å². The van der Waals surface area contributed by atoms with E-state index < -0.39 is 0 Å². The highest BCUT2D eigenvalue weighted by atomic mass is 32.1. The van der Waals surface area contributed by atoms with Gasteiger partial charge in [-0.1, -0.05) is 44.2 Å². The molecule has 2 aliphatic rings. The van der Waals surface area contributed by atoms with Crippen LogP contribution in [0.5, 0.6) is 0 Å². The van der Waals surface area contributed by atoms with Gasteiger partial charge in [0.15, 0.2) is 16.7 Å². The van der Waals surface area contributed by atoms with Crippen molar-refractivity contribution in [2.45, 2.75) is 53.1 Å². The second-order valence-electron chi connectivity index (χ2n) is 9.58. The van der Waals surface area contributed by atoms with Gasteiger partial charge in [0.05, 0.1) is 11.3 Å². The Balaban J connectivity index is 1.30. The maximum Gasteiger partial charge on any atom is 0.293 e. The fraction of sp³-hybridized carbons (Fsp3) is 0.400. The number of aromatic nitrogens is 1. The lowest BCUT2D eigenvalue weighted by molar-refractivity contribution is 0.0898. The quantitative estimate of drug-likeness (QED) is 0.606. The molecule has 0 saturated carbocycles. The monoisotopic (exact) mass is 449 g/mol. The Kier molecular flexibility index (Phi) is 5.26. The SMILES string of the molecule is Cc1c(C(=O)Nc2nc3c(s2)CN(Cc2ccccc2)CC3)oc2c1C(=O)CC(C)(C)C2. The van der Waals surface area contributed by atoms with Gasteiger partial charge in [-0.25, -0.2) is 4.98 Å². The molecule has 1 aliphatic heterocycles. The molecule has 0 atom stereocenters.